The fraction of sp³-hybridized carbons (Fsp3) is 0.100. The average molecular weight is 285 g/mol. The number of hydrogen-bond donors (Lipinski definition) is 1. The third-order valence-electron chi connectivity index (χ3n) is 1.82. The number of nitro groups is 1. The van der Waals surface area contributed by atoms with E-state index >= 15 is 0 Å². The van der Waals surface area contributed by atoms with E-state index in [1.54, 1.807) is 6.08 Å². The summed E-state index contributed by atoms with van der Waals surface area (Å²) in [4.78, 5) is 21.5. The second-order valence-electron chi connectivity index (χ2n) is 2.92. The highest BCUT2D eigenvalue weighted by Gasteiger charge is 2.13. The van der Waals surface area contributed by atoms with Gasteiger partial charge in [0.2, 0.25) is 0 Å². The predicted molar refractivity (Wildman–Crippen MR) is 63.3 cm³/mol. The van der Waals surface area contributed by atoms with Crippen LogP contribution in [0.2, 0.25) is 0 Å². The highest BCUT2D eigenvalue weighted by Crippen LogP contribution is 2.22. The van der Waals surface area contributed by atoms with Crippen LogP contribution in [0.4, 0.5) is 5.69 Å². The summed E-state index contributed by atoms with van der Waals surface area (Å²) in [6, 6.07) is 3.98. The summed E-state index contributed by atoms with van der Waals surface area (Å²) in [6.07, 6.45) is 1.55. The number of nitrogens with zero attached hydrogens (tertiary/aromatic N) is 1. The molecule has 0 aliphatic heterocycles. The zero-order valence-electron chi connectivity index (χ0n) is 8.27. The van der Waals surface area contributed by atoms with E-state index in [0.717, 1.165) is 0 Å². The number of amides is 1. The van der Waals surface area contributed by atoms with Gasteiger partial charge in [-0.15, -0.1) is 6.58 Å². The van der Waals surface area contributed by atoms with Crippen LogP contribution in [0.5, 0.6) is 0 Å². The minimum atomic E-state index is -0.518. The first-order valence-corrected chi connectivity index (χ1v) is 5.18. The van der Waals surface area contributed by atoms with Crippen molar-refractivity contribution in [1.82, 2.24) is 5.32 Å². The van der Waals surface area contributed by atoms with E-state index in [4.69, 9.17) is 0 Å². The molecule has 1 rings (SSSR count). The van der Waals surface area contributed by atoms with Gasteiger partial charge in [-0.3, -0.25) is 14.9 Å². The largest absolute Gasteiger partial charge is 0.349 e. The molecule has 0 aromatic heterocycles. The van der Waals surface area contributed by atoms with Crippen molar-refractivity contribution < 1.29 is 9.72 Å². The maximum atomic E-state index is 11.5. The molecule has 1 aromatic carbocycles. The van der Waals surface area contributed by atoms with Crippen molar-refractivity contribution in [2.75, 3.05) is 6.54 Å². The maximum Gasteiger partial charge on any atom is 0.270 e. The van der Waals surface area contributed by atoms with Crippen molar-refractivity contribution in [2.24, 2.45) is 0 Å². The van der Waals surface area contributed by atoms with Gasteiger partial charge in [-0.05, 0) is 22.0 Å². The molecule has 0 aliphatic carbocycles. The molecule has 6 heteroatoms. The smallest absolute Gasteiger partial charge is 0.270 e. The van der Waals surface area contributed by atoms with Gasteiger partial charge in [-0.1, -0.05) is 6.08 Å². The van der Waals surface area contributed by atoms with Gasteiger partial charge in [0.05, 0.1) is 10.5 Å². The quantitative estimate of drug-likeness (QED) is 0.524. The third kappa shape index (κ3) is 2.90. The zero-order valence-corrected chi connectivity index (χ0v) is 9.86. The lowest BCUT2D eigenvalue weighted by atomic mass is 10.2. The van der Waals surface area contributed by atoms with Crippen molar-refractivity contribution in [1.29, 1.82) is 0 Å². The highest BCUT2D eigenvalue weighted by molar-refractivity contribution is 9.10. The summed E-state index contributed by atoms with van der Waals surface area (Å²) in [6.45, 7) is 3.82. The molecule has 16 heavy (non-hydrogen) atoms. The molecule has 1 amide bonds. The number of nitrogens with one attached hydrogen (secondary N) is 1. The van der Waals surface area contributed by atoms with Crippen LogP contribution in [-0.2, 0) is 0 Å². The monoisotopic (exact) mass is 284 g/mol. The molecule has 0 saturated heterocycles. The lowest BCUT2D eigenvalue weighted by molar-refractivity contribution is -0.384. The summed E-state index contributed by atoms with van der Waals surface area (Å²) in [5.74, 6) is -0.304. The van der Waals surface area contributed by atoms with Crippen molar-refractivity contribution in [3.05, 3.63) is 51.0 Å². The molecule has 1 aromatic rings. The first-order valence-electron chi connectivity index (χ1n) is 4.39. The predicted octanol–water partition coefficient (Wildman–Crippen LogP) is 2.27. The Bertz CT molecular complexity index is 446. The second kappa shape index (κ2) is 5.41. The van der Waals surface area contributed by atoms with Gasteiger partial charge in [0.25, 0.3) is 11.6 Å². The van der Waals surface area contributed by atoms with Crippen LogP contribution in [0, 0.1) is 10.1 Å². The fourth-order valence-corrected chi connectivity index (χ4v) is 1.61. The highest BCUT2D eigenvalue weighted by atomic mass is 79.9. The minimum absolute atomic E-state index is 0.0628. The van der Waals surface area contributed by atoms with E-state index in [-0.39, 0.29) is 11.6 Å². The summed E-state index contributed by atoms with van der Waals surface area (Å²) >= 11 is 3.12. The molecule has 0 radical (unpaired) electrons. The fourth-order valence-electron chi connectivity index (χ4n) is 1.06. The van der Waals surface area contributed by atoms with Crippen molar-refractivity contribution in [3.63, 3.8) is 0 Å². The Morgan fingerprint density at radius 1 is 1.62 bits per heavy atom. The first kappa shape index (κ1) is 12.4. The zero-order chi connectivity index (χ0) is 12.1. The van der Waals surface area contributed by atoms with Crippen molar-refractivity contribution in [3.8, 4) is 0 Å². The van der Waals surface area contributed by atoms with Crippen molar-refractivity contribution >= 4 is 27.5 Å². The number of hydrogen-bond acceptors (Lipinski definition) is 3. The van der Waals surface area contributed by atoms with Gasteiger partial charge < -0.3 is 5.32 Å². The van der Waals surface area contributed by atoms with E-state index in [2.05, 4.69) is 27.8 Å². The lowest BCUT2D eigenvalue weighted by Crippen LogP contribution is -2.23. The molecule has 0 heterocycles. The van der Waals surface area contributed by atoms with Crippen LogP contribution in [0.25, 0.3) is 0 Å². The summed E-state index contributed by atoms with van der Waals surface area (Å²) in [5.41, 5.74) is 0.291. The van der Waals surface area contributed by atoms with Crippen LogP contribution in [0.15, 0.2) is 35.3 Å². The first-order chi connectivity index (χ1) is 7.56. The van der Waals surface area contributed by atoms with Crippen LogP contribution in [-0.4, -0.2) is 17.4 Å². The van der Waals surface area contributed by atoms with Gasteiger partial charge in [-0.2, -0.15) is 0 Å². The Balaban J connectivity index is 2.94. The number of halogens is 1. The Morgan fingerprint density at radius 2 is 2.31 bits per heavy atom. The summed E-state index contributed by atoms with van der Waals surface area (Å²) < 4.78 is 0.392. The van der Waals surface area contributed by atoms with E-state index in [1.165, 1.54) is 18.2 Å². The molecular weight excluding hydrogens is 276 g/mol. The number of benzene rings is 1. The second-order valence-corrected chi connectivity index (χ2v) is 3.77. The molecule has 84 valence electrons. The minimum Gasteiger partial charge on any atom is -0.349 e. The van der Waals surface area contributed by atoms with Crippen LogP contribution in [0.3, 0.4) is 0 Å². The molecule has 5 nitrogen and oxygen atoms in total. The molecule has 0 spiro atoms. The number of nitro benzene ring substituents is 1. The van der Waals surface area contributed by atoms with Crippen molar-refractivity contribution in [2.45, 2.75) is 0 Å². The van der Waals surface area contributed by atoms with Crippen LogP contribution < -0.4 is 5.32 Å². The molecular formula is C10H9BrN2O3. The standard InChI is InChI=1S/C10H9BrN2O3/c1-2-5-12-10(14)8-4-3-7(13(15)16)6-9(8)11/h2-4,6H,1,5H2,(H,12,14). The molecule has 0 aliphatic rings. The lowest BCUT2D eigenvalue weighted by Gasteiger charge is -2.04. The van der Waals surface area contributed by atoms with Gasteiger partial charge in [-0.25, -0.2) is 0 Å². The van der Waals surface area contributed by atoms with E-state index in [1.807, 2.05) is 0 Å². The van der Waals surface area contributed by atoms with E-state index in [0.29, 0.717) is 16.6 Å². The number of carbonyl (C=O) groups excluding carboxylic acids is 1. The average Bonchev–Trinajstić information content (AvgIpc) is 2.25. The normalized spacial score (nSPS) is 9.56. The number of carbonyl (C=O) groups is 1. The Labute approximate surface area is 100 Å². The Morgan fingerprint density at radius 3 is 2.81 bits per heavy atom. The molecule has 0 fully saturated rings. The number of non-ortho nitro benzene ring substituents is 1. The van der Waals surface area contributed by atoms with Crippen LogP contribution in [0.1, 0.15) is 10.4 Å². The van der Waals surface area contributed by atoms with Gasteiger partial charge >= 0.3 is 0 Å². The Hall–Kier alpha value is -1.69. The molecule has 0 atom stereocenters. The maximum absolute atomic E-state index is 11.5. The molecule has 0 bridgehead atoms. The topological polar surface area (TPSA) is 72.2 Å². The molecule has 0 unspecified atom stereocenters. The van der Waals surface area contributed by atoms with Gasteiger partial charge in [0.1, 0.15) is 0 Å². The van der Waals surface area contributed by atoms with E-state index < -0.39 is 4.92 Å². The third-order valence-corrected chi connectivity index (χ3v) is 2.47. The number of rotatable bonds is 4. The summed E-state index contributed by atoms with van der Waals surface area (Å²) in [7, 11) is 0. The Kier molecular flexibility index (Phi) is 4.19. The van der Waals surface area contributed by atoms with Gasteiger partial charge in [0, 0.05) is 23.2 Å². The molecule has 0 saturated carbocycles. The van der Waals surface area contributed by atoms with Crippen LogP contribution >= 0.6 is 15.9 Å². The van der Waals surface area contributed by atoms with Gasteiger partial charge in [0.15, 0.2) is 0 Å². The molecule has 1 N–H and O–H groups in total. The van der Waals surface area contributed by atoms with E-state index in [9.17, 15) is 14.9 Å². The summed E-state index contributed by atoms with van der Waals surface area (Å²) in [5, 5.41) is 13.1. The SMILES string of the molecule is C=CCNC(=O)c1ccc([N+](=O)[O-])cc1Br.